The number of hydrogen-bond acceptors (Lipinski definition) is 2. The van der Waals surface area contributed by atoms with Gasteiger partial charge in [0.1, 0.15) is 0 Å². The van der Waals surface area contributed by atoms with Crippen LogP contribution in [0.1, 0.15) is 33.6 Å². The summed E-state index contributed by atoms with van der Waals surface area (Å²) in [7, 11) is 0. The maximum atomic E-state index is 12.5. The van der Waals surface area contributed by atoms with Crippen molar-refractivity contribution in [3.05, 3.63) is 30.3 Å². The van der Waals surface area contributed by atoms with Crippen molar-refractivity contribution < 1.29 is 4.79 Å². The van der Waals surface area contributed by atoms with Gasteiger partial charge >= 0.3 is 0 Å². The second-order valence-electron chi connectivity index (χ2n) is 5.23. The molecular formula is C15H24N2O. The van der Waals surface area contributed by atoms with Crippen LogP contribution >= 0.6 is 0 Å². The number of amides is 1. The zero-order chi connectivity index (χ0) is 13.6. The zero-order valence-corrected chi connectivity index (χ0v) is 11.6. The third-order valence-corrected chi connectivity index (χ3v) is 3.14. The molecule has 0 unspecified atom stereocenters. The van der Waals surface area contributed by atoms with Gasteiger partial charge in [-0.05, 0) is 32.4 Å². The summed E-state index contributed by atoms with van der Waals surface area (Å²) in [6.45, 7) is 7.04. The summed E-state index contributed by atoms with van der Waals surface area (Å²) in [5.41, 5.74) is 6.15. The van der Waals surface area contributed by atoms with E-state index in [1.54, 1.807) is 0 Å². The van der Waals surface area contributed by atoms with Crippen LogP contribution in [0, 0.1) is 5.41 Å². The Morgan fingerprint density at radius 3 is 2.39 bits per heavy atom. The van der Waals surface area contributed by atoms with E-state index in [1.807, 2.05) is 49.1 Å². The van der Waals surface area contributed by atoms with Crippen LogP contribution in [0.2, 0.25) is 0 Å². The number of unbranched alkanes of at least 4 members (excludes halogenated alkanes) is 1. The molecule has 1 rings (SSSR count). The highest BCUT2D eigenvalue weighted by Gasteiger charge is 2.31. The van der Waals surface area contributed by atoms with Crippen LogP contribution in [-0.4, -0.2) is 19.0 Å². The first-order valence-electron chi connectivity index (χ1n) is 6.60. The average Bonchev–Trinajstić information content (AvgIpc) is 2.40. The van der Waals surface area contributed by atoms with Crippen molar-refractivity contribution in [1.29, 1.82) is 0 Å². The van der Waals surface area contributed by atoms with E-state index in [0.29, 0.717) is 6.54 Å². The maximum absolute atomic E-state index is 12.5. The van der Waals surface area contributed by atoms with Gasteiger partial charge in [0.2, 0.25) is 5.91 Å². The van der Waals surface area contributed by atoms with Gasteiger partial charge in [-0.3, -0.25) is 4.79 Å². The summed E-state index contributed by atoms with van der Waals surface area (Å²) in [5, 5.41) is 0. The summed E-state index contributed by atoms with van der Waals surface area (Å²) >= 11 is 0. The number of para-hydroxylation sites is 1. The Kier molecular flexibility index (Phi) is 5.35. The predicted octanol–water partition coefficient (Wildman–Crippen LogP) is 2.80. The normalized spacial score (nSPS) is 11.3. The summed E-state index contributed by atoms with van der Waals surface area (Å²) < 4.78 is 0. The van der Waals surface area contributed by atoms with Gasteiger partial charge in [0.05, 0.1) is 5.41 Å². The van der Waals surface area contributed by atoms with Gasteiger partial charge in [0.15, 0.2) is 0 Å². The van der Waals surface area contributed by atoms with Crippen LogP contribution in [0.25, 0.3) is 0 Å². The van der Waals surface area contributed by atoms with Crippen LogP contribution in [0.15, 0.2) is 30.3 Å². The minimum Gasteiger partial charge on any atom is -0.329 e. The van der Waals surface area contributed by atoms with E-state index < -0.39 is 5.41 Å². The van der Waals surface area contributed by atoms with Crippen LogP contribution in [-0.2, 0) is 4.79 Å². The lowest BCUT2D eigenvalue weighted by atomic mass is 9.91. The molecule has 3 nitrogen and oxygen atoms in total. The van der Waals surface area contributed by atoms with Crippen molar-refractivity contribution in [2.24, 2.45) is 11.1 Å². The molecule has 18 heavy (non-hydrogen) atoms. The topological polar surface area (TPSA) is 46.3 Å². The van der Waals surface area contributed by atoms with Crippen LogP contribution in [0.4, 0.5) is 5.69 Å². The fourth-order valence-electron chi connectivity index (χ4n) is 1.72. The van der Waals surface area contributed by atoms with Crippen molar-refractivity contribution in [3.8, 4) is 0 Å². The molecule has 0 atom stereocenters. The monoisotopic (exact) mass is 248 g/mol. The summed E-state index contributed by atoms with van der Waals surface area (Å²) in [5.74, 6) is 0.102. The lowest BCUT2D eigenvalue weighted by molar-refractivity contribution is -0.126. The summed E-state index contributed by atoms with van der Waals surface area (Å²) in [6, 6.07) is 9.81. The number of hydrogen-bond donors (Lipinski definition) is 1. The first-order valence-corrected chi connectivity index (χ1v) is 6.60. The Bertz CT molecular complexity index is 373. The molecule has 0 aliphatic rings. The van der Waals surface area contributed by atoms with Crippen molar-refractivity contribution in [2.45, 2.75) is 33.6 Å². The first kappa shape index (κ1) is 14.7. The van der Waals surface area contributed by atoms with Gasteiger partial charge in [-0.2, -0.15) is 0 Å². The van der Waals surface area contributed by atoms with Gasteiger partial charge in [0.25, 0.3) is 0 Å². The molecule has 100 valence electrons. The molecule has 1 aromatic carbocycles. The largest absolute Gasteiger partial charge is 0.329 e. The number of rotatable bonds is 6. The standard InChI is InChI=1S/C15H24N2O/c1-4-5-11-17(13-9-7-6-8-10-13)14(18)15(2,3)12-16/h6-10H,4-5,11-12,16H2,1-3H3. The third kappa shape index (κ3) is 3.57. The van der Waals surface area contributed by atoms with Crippen molar-refractivity contribution in [3.63, 3.8) is 0 Å². The molecule has 0 saturated heterocycles. The van der Waals surface area contributed by atoms with Crippen LogP contribution in [0.5, 0.6) is 0 Å². The molecule has 0 aliphatic carbocycles. The molecular weight excluding hydrogens is 224 g/mol. The Morgan fingerprint density at radius 1 is 1.28 bits per heavy atom. The molecule has 0 bridgehead atoms. The zero-order valence-electron chi connectivity index (χ0n) is 11.6. The molecule has 0 fully saturated rings. The highest BCUT2D eigenvalue weighted by Crippen LogP contribution is 2.23. The van der Waals surface area contributed by atoms with E-state index in [-0.39, 0.29) is 5.91 Å². The quantitative estimate of drug-likeness (QED) is 0.841. The van der Waals surface area contributed by atoms with E-state index in [2.05, 4.69) is 6.92 Å². The van der Waals surface area contributed by atoms with Crippen molar-refractivity contribution in [1.82, 2.24) is 0 Å². The van der Waals surface area contributed by atoms with Gasteiger partial charge in [-0.15, -0.1) is 0 Å². The van der Waals surface area contributed by atoms with E-state index in [0.717, 1.165) is 25.1 Å². The molecule has 0 spiro atoms. The van der Waals surface area contributed by atoms with E-state index in [1.165, 1.54) is 0 Å². The number of nitrogens with zero attached hydrogens (tertiary/aromatic N) is 1. The van der Waals surface area contributed by atoms with E-state index in [9.17, 15) is 4.79 Å². The fraction of sp³-hybridized carbons (Fsp3) is 0.533. The Balaban J connectivity index is 2.95. The molecule has 1 amide bonds. The number of carbonyl (C=O) groups is 1. The molecule has 0 radical (unpaired) electrons. The molecule has 1 aromatic rings. The molecule has 0 heterocycles. The predicted molar refractivity (Wildman–Crippen MR) is 76.5 cm³/mol. The molecule has 2 N–H and O–H groups in total. The van der Waals surface area contributed by atoms with Crippen molar-refractivity contribution in [2.75, 3.05) is 18.0 Å². The number of nitrogens with two attached hydrogens (primary N) is 1. The van der Waals surface area contributed by atoms with Gasteiger partial charge in [0, 0.05) is 18.8 Å². The number of benzene rings is 1. The lowest BCUT2D eigenvalue weighted by Gasteiger charge is -2.31. The van der Waals surface area contributed by atoms with Crippen LogP contribution < -0.4 is 10.6 Å². The molecule has 0 saturated carbocycles. The fourth-order valence-corrected chi connectivity index (χ4v) is 1.72. The molecule has 0 aliphatic heterocycles. The van der Waals surface area contributed by atoms with Crippen LogP contribution in [0.3, 0.4) is 0 Å². The molecule has 3 heteroatoms. The third-order valence-electron chi connectivity index (χ3n) is 3.14. The SMILES string of the molecule is CCCCN(C(=O)C(C)(C)CN)c1ccccc1. The summed E-state index contributed by atoms with van der Waals surface area (Å²) in [6.07, 6.45) is 2.07. The lowest BCUT2D eigenvalue weighted by Crippen LogP contribution is -2.45. The molecule has 0 aromatic heterocycles. The highest BCUT2D eigenvalue weighted by atomic mass is 16.2. The second-order valence-corrected chi connectivity index (χ2v) is 5.23. The number of carbonyl (C=O) groups excluding carboxylic acids is 1. The number of anilines is 1. The maximum Gasteiger partial charge on any atom is 0.233 e. The van der Waals surface area contributed by atoms with E-state index in [4.69, 9.17) is 5.73 Å². The minimum absolute atomic E-state index is 0.102. The average molecular weight is 248 g/mol. The second kappa shape index (κ2) is 6.55. The highest BCUT2D eigenvalue weighted by molar-refractivity contribution is 5.97. The van der Waals surface area contributed by atoms with Gasteiger partial charge in [-0.1, -0.05) is 31.5 Å². The van der Waals surface area contributed by atoms with E-state index >= 15 is 0 Å². The Labute approximate surface area is 110 Å². The van der Waals surface area contributed by atoms with Crippen molar-refractivity contribution >= 4 is 11.6 Å². The Hall–Kier alpha value is -1.35. The summed E-state index contributed by atoms with van der Waals surface area (Å²) in [4.78, 5) is 14.4. The smallest absolute Gasteiger partial charge is 0.233 e. The minimum atomic E-state index is -0.510. The van der Waals surface area contributed by atoms with Gasteiger partial charge < -0.3 is 10.6 Å². The van der Waals surface area contributed by atoms with Gasteiger partial charge in [-0.25, -0.2) is 0 Å². The first-order chi connectivity index (χ1) is 8.53. The Morgan fingerprint density at radius 2 is 1.89 bits per heavy atom.